The molecule has 0 aromatic rings. The Morgan fingerprint density at radius 1 is 1.12 bits per heavy atom. The molecule has 0 saturated heterocycles. The lowest BCUT2D eigenvalue weighted by molar-refractivity contribution is 0.507. The van der Waals surface area contributed by atoms with Gasteiger partial charge in [-0.15, -0.1) is 0 Å². The standard InChI is InChI=1S/C14H27NS/c1-15-13(10-9-12-7-8-12)11-16-14-5-3-2-4-6-14/h12-15H,2-11H2,1H3. The van der Waals surface area contributed by atoms with Crippen molar-refractivity contribution in [1.29, 1.82) is 0 Å². The minimum Gasteiger partial charge on any atom is -0.316 e. The van der Waals surface area contributed by atoms with E-state index in [1.165, 1.54) is 63.5 Å². The van der Waals surface area contributed by atoms with Crippen molar-refractivity contribution in [2.75, 3.05) is 12.8 Å². The summed E-state index contributed by atoms with van der Waals surface area (Å²) in [5.41, 5.74) is 0. The van der Waals surface area contributed by atoms with Gasteiger partial charge in [-0.25, -0.2) is 0 Å². The third-order valence-corrected chi connectivity index (χ3v) is 5.65. The zero-order valence-electron chi connectivity index (χ0n) is 10.7. The fraction of sp³-hybridized carbons (Fsp3) is 1.00. The largest absolute Gasteiger partial charge is 0.316 e. The highest BCUT2D eigenvalue weighted by Crippen LogP contribution is 2.34. The maximum absolute atomic E-state index is 3.50. The molecule has 0 radical (unpaired) electrons. The summed E-state index contributed by atoms with van der Waals surface area (Å²) in [4.78, 5) is 0. The summed E-state index contributed by atoms with van der Waals surface area (Å²) in [6, 6.07) is 0.771. The fourth-order valence-electron chi connectivity index (χ4n) is 2.64. The molecule has 2 aliphatic carbocycles. The zero-order valence-corrected chi connectivity index (χ0v) is 11.5. The lowest BCUT2D eigenvalue weighted by Crippen LogP contribution is -2.29. The molecule has 2 rings (SSSR count). The normalized spacial score (nSPS) is 24.6. The number of rotatable bonds is 7. The quantitative estimate of drug-likeness (QED) is 0.727. The van der Waals surface area contributed by atoms with Crippen LogP contribution in [0.1, 0.15) is 57.8 Å². The van der Waals surface area contributed by atoms with Crippen molar-refractivity contribution in [2.24, 2.45) is 5.92 Å². The van der Waals surface area contributed by atoms with Gasteiger partial charge in [-0.05, 0) is 38.6 Å². The van der Waals surface area contributed by atoms with Crippen molar-refractivity contribution in [3.63, 3.8) is 0 Å². The molecule has 94 valence electrons. The minimum absolute atomic E-state index is 0.771. The number of hydrogen-bond donors (Lipinski definition) is 1. The smallest absolute Gasteiger partial charge is 0.0155 e. The first-order valence-corrected chi connectivity index (χ1v) is 8.22. The average molecular weight is 241 g/mol. The highest BCUT2D eigenvalue weighted by molar-refractivity contribution is 7.99. The minimum atomic E-state index is 0.771. The summed E-state index contributed by atoms with van der Waals surface area (Å²) < 4.78 is 0. The second kappa shape index (κ2) is 6.90. The van der Waals surface area contributed by atoms with Crippen molar-refractivity contribution >= 4 is 11.8 Å². The first-order valence-electron chi connectivity index (χ1n) is 7.17. The Labute approximate surface area is 105 Å². The van der Waals surface area contributed by atoms with Gasteiger partial charge in [0.2, 0.25) is 0 Å². The van der Waals surface area contributed by atoms with Crippen LogP contribution in [0, 0.1) is 5.92 Å². The van der Waals surface area contributed by atoms with Crippen LogP contribution in [0.3, 0.4) is 0 Å². The zero-order chi connectivity index (χ0) is 11.2. The Morgan fingerprint density at radius 2 is 1.88 bits per heavy atom. The lowest BCUT2D eigenvalue weighted by atomic mass is 10.0. The predicted octanol–water partition coefficient (Wildman–Crippen LogP) is 3.83. The van der Waals surface area contributed by atoms with Crippen LogP contribution in [0.4, 0.5) is 0 Å². The summed E-state index contributed by atoms with van der Waals surface area (Å²) in [5, 5.41) is 4.48. The maximum atomic E-state index is 3.50. The molecule has 16 heavy (non-hydrogen) atoms. The molecule has 1 nitrogen and oxygen atoms in total. The van der Waals surface area contributed by atoms with Gasteiger partial charge < -0.3 is 5.32 Å². The van der Waals surface area contributed by atoms with Gasteiger partial charge in [0.05, 0.1) is 0 Å². The monoisotopic (exact) mass is 241 g/mol. The molecule has 2 aliphatic rings. The van der Waals surface area contributed by atoms with Gasteiger partial charge >= 0.3 is 0 Å². The van der Waals surface area contributed by atoms with E-state index < -0.39 is 0 Å². The molecule has 0 aromatic heterocycles. The van der Waals surface area contributed by atoms with Gasteiger partial charge in [0.1, 0.15) is 0 Å². The summed E-state index contributed by atoms with van der Waals surface area (Å²) >= 11 is 2.24. The van der Waals surface area contributed by atoms with Crippen LogP contribution < -0.4 is 5.32 Å². The topological polar surface area (TPSA) is 12.0 Å². The van der Waals surface area contributed by atoms with Crippen LogP contribution in [0.25, 0.3) is 0 Å². The van der Waals surface area contributed by atoms with E-state index >= 15 is 0 Å². The van der Waals surface area contributed by atoms with Crippen molar-refractivity contribution in [2.45, 2.75) is 69.1 Å². The molecule has 0 aromatic carbocycles. The van der Waals surface area contributed by atoms with Crippen LogP contribution in [-0.2, 0) is 0 Å². The summed E-state index contributed by atoms with van der Waals surface area (Å²) in [6.07, 6.45) is 13.3. The maximum Gasteiger partial charge on any atom is 0.0155 e. The van der Waals surface area contributed by atoms with Gasteiger partial charge in [0, 0.05) is 17.0 Å². The van der Waals surface area contributed by atoms with Crippen molar-refractivity contribution in [3.8, 4) is 0 Å². The third kappa shape index (κ3) is 4.67. The Kier molecular flexibility index (Phi) is 5.51. The second-order valence-electron chi connectivity index (χ2n) is 5.60. The summed E-state index contributed by atoms with van der Waals surface area (Å²) in [5.74, 6) is 2.43. The van der Waals surface area contributed by atoms with E-state index in [9.17, 15) is 0 Å². The van der Waals surface area contributed by atoms with Crippen LogP contribution in [0.15, 0.2) is 0 Å². The summed E-state index contributed by atoms with van der Waals surface area (Å²) in [7, 11) is 2.14. The Morgan fingerprint density at radius 3 is 2.50 bits per heavy atom. The first kappa shape index (κ1) is 12.8. The van der Waals surface area contributed by atoms with Crippen LogP contribution in [0.2, 0.25) is 0 Å². The van der Waals surface area contributed by atoms with Gasteiger partial charge in [-0.2, -0.15) is 11.8 Å². The van der Waals surface area contributed by atoms with Gasteiger partial charge in [-0.3, -0.25) is 0 Å². The van der Waals surface area contributed by atoms with Gasteiger partial charge in [0.15, 0.2) is 0 Å². The molecule has 2 heteroatoms. The third-order valence-electron chi connectivity index (χ3n) is 4.11. The molecule has 0 aliphatic heterocycles. The molecule has 0 heterocycles. The number of hydrogen-bond acceptors (Lipinski definition) is 2. The van der Waals surface area contributed by atoms with E-state index in [0.717, 1.165) is 17.2 Å². The van der Waals surface area contributed by atoms with E-state index in [0.29, 0.717) is 0 Å². The highest BCUT2D eigenvalue weighted by Gasteiger charge is 2.22. The lowest BCUT2D eigenvalue weighted by Gasteiger charge is -2.23. The summed E-state index contributed by atoms with van der Waals surface area (Å²) in [6.45, 7) is 0. The molecule has 2 fully saturated rings. The SMILES string of the molecule is CNC(CCC1CC1)CSC1CCCCC1. The van der Waals surface area contributed by atoms with E-state index in [1.807, 2.05) is 0 Å². The Hall–Kier alpha value is 0.310. The molecule has 0 amide bonds. The molecule has 1 N–H and O–H groups in total. The van der Waals surface area contributed by atoms with E-state index in [2.05, 4.69) is 24.1 Å². The molecular weight excluding hydrogens is 214 g/mol. The highest BCUT2D eigenvalue weighted by atomic mass is 32.2. The van der Waals surface area contributed by atoms with Crippen molar-refractivity contribution in [3.05, 3.63) is 0 Å². The van der Waals surface area contributed by atoms with Crippen LogP contribution in [-0.4, -0.2) is 24.1 Å². The molecule has 0 spiro atoms. The second-order valence-corrected chi connectivity index (χ2v) is 6.93. The molecule has 0 bridgehead atoms. The van der Waals surface area contributed by atoms with Crippen molar-refractivity contribution < 1.29 is 0 Å². The van der Waals surface area contributed by atoms with Crippen LogP contribution in [0.5, 0.6) is 0 Å². The molecule has 1 unspecified atom stereocenters. The fourth-order valence-corrected chi connectivity index (χ4v) is 4.14. The molecular formula is C14H27NS. The first-order chi connectivity index (χ1) is 7.88. The van der Waals surface area contributed by atoms with Gasteiger partial charge in [-0.1, -0.05) is 32.1 Å². The van der Waals surface area contributed by atoms with E-state index in [4.69, 9.17) is 0 Å². The Bertz CT molecular complexity index is 185. The van der Waals surface area contributed by atoms with Crippen LogP contribution >= 0.6 is 11.8 Å². The molecule has 1 atom stereocenters. The number of thioether (sulfide) groups is 1. The van der Waals surface area contributed by atoms with Crippen molar-refractivity contribution in [1.82, 2.24) is 5.32 Å². The van der Waals surface area contributed by atoms with Gasteiger partial charge in [0.25, 0.3) is 0 Å². The average Bonchev–Trinajstić information content (AvgIpc) is 3.15. The number of nitrogens with one attached hydrogen (secondary N) is 1. The molecule has 2 saturated carbocycles. The Balaban J connectivity index is 1.57. The van der Waals surface area contributed by atoms with E-state index in [-0.39, 0.29) is 0 Å². The predicted molar refractivity (Wildman–Crippen MR) is 74.1 cm³/mol. The van der Waals surface area contributed by atoms with E-state index in [1.54, 1.807) is 0 Å².